The fraction of sp³-hybridized carbons (Fsp3) is 0.135. The molecule has 0 fully saturated rings. The largest absolute Gasteiger partial charge is 0.405 e. The molecule has 4 N–H and O–H groups in total. The molecule has 0 saturated carbocycles. The number of fused-ring (bicyclic) bond motifs is 2. The molecule has 0 spiro atoms. The Morgan fingerprint density at radius 2 is 1.23 bits per heavy atom. The van der Waals surface area contributed by atoms with Crippen LogP contribution in [-0.4, -0.2) is 71.3 Å². The van der Waals surface area contributed by atoms with Gasteiger partial charge in [-0.3, -0.25) is 13.5 Å². The van der Waals surface area contributed by atoms with Crippen molar-refractivity contribution < 1.29 is 35.9 Å². The Kier molecular flexibility index (Phi) is 10.9. The lowest BCUT2D eigenvalue weighted by Crippen LogP contribution is -2.36. The second-order valence-corrected chi connectivity index (χ2v) is 12.0. The highest BCUT2D eigenvalue weighted by atomic mass is 19.4. The minimum atomic E-state index is -4.47. The summed E-state index contributed by atoms with van der Waals surface area (Å²) in [5.74, 6) is 2.53. The van der Waals surface area contributed by atoms with E-state index in [0.717, 1.165) is 33.8 Å². The minimum Gasteiger partial charge on any atom is -0.329 e. The number of hydrogen-bond donors (Lipinski definition) is 4. The van der Waals surface area contributed by atoms with Gasteiger partial charge in [0.15, 0.2) is 0 Å². The van der Waals surface area contributed by atoms with Crippen molar-refractivity contribution in [1.29, 1.82) is 0 Å². The van der Waals surface area contributed by atoms with E-state index in [1.807, 2.05) is 33.2 Å². The Balaban J connectivity index is 0.000000192. The van der Waals surface area contributed by atoms with Crippen LogP contribution in [0.25, 0.3) is 45.1 Å². The number of benzene rings is 2. The van der Waals surface area contributed by atoms with Crippen molar-refractivity contribution in [3.8, 4) is 46.1 Å². The van der Waals surface area contributed by atoms with Crippen LogP contribution in [0.15, 0.2) is 104 Å². The molecule has 0 saturated heterocycles. The summed E-state index contributed by atoms with van der Waals surface area (Å²) >= 11 is 0. The third-order valence-electron chi connectivity index (χ3n) is 7.82. The lowest BCUT2D eigenvalue weighted by atomic mass is 10.1. The third-order valence-corrected chi connectivity index (χ3v) is 7.82. The molecule has 0 aliphatic carbocycles. The number of urea groups is 2. The zero-order chi connectivity index (χ0) is 40.0. The van der Waals surface area contributed by atoms with E-state index < -0.39 is 37.5 Å². The molecule has 5 aromatic heterocycles. The summed E-state index contributed by atoms with van der Waals surface area (Å²) in [5, 5.41) is 16.3. The zero-order valence-corrected chi connectivity index (χ0v) is 29.0. The number of nitrogens with one attached hydrogen (secondary N) is 4. The van der Waals surface area contributed by atoms with Crippen molar-refractivity contribution in [3.63, 3.8) is 0 Å². The first-order valence-electron chi connectivity index (χ1n) is 16.4. The number of terminal acetylenes is 1. The molecule has 5 heterocycles. The van der Waals surface area contributed by atoms with E-state index in [4.69, 9.17) is 6.42 Å². The summed E-state index contributed by atoms with van der Waals surface area (Å²) in [6.07, 6.45) is 5.19. The molecule has 0 atom stereocenters. The maximum absolute atomic E-state index is 12.2. The second-order valence-electron chi connectivity index (χ2n) is 12.0. The number of amides is 4. The monoisotopic (exact) mass is 773 g/mol. The van der Waals surface area contributed by atoms with Crippen LogP contribution < -0.4 is 21.3 Å². The van der Waals surface area contributed by atoms with Crippen LogP contribution in [-0.2, 0) is 7.05 Å². The number of carbonyl (C=O) groups is 2. The average Bonchev–Trinajstić information content (AvgIpc) is 3.91. The van der Waals surface area contributed by atoms with Gasteiger partial charge in [-0.25, -0.2) is 19.6 Å². The summed E-state index contributed by atoms with van der Waals surface area (Å²) in [6, 6.07) is 18.9. The molecule has 13 nitrogen and oxygen atoms in total. The van der Waals surface area contributed by atoms with Gasteiger partial charge in [-0.1, -0.05) is 35.4 Å². The van der Waals surface area contributed by atoms with E-state index in [1.165, 1.54) is 0 Å². The third kappa shape index (κ3) is 9.79. The normalized spacial score (nSPS) is 11.4. The molecule has 7 aromatic rings. The van der Waals surface area contributed by atoms with E-state index in [-0.39, 0.29) is 0 Å². The number of anilines is 2. The smallest absolute Gasteiger partial charge is 0.329 e. The predicted octanol–water partition coefficient (Wildman–Crippen LogP) is 7.15. The zero-order valence-electron chi connectivity index (χ0n) is 29.0. The molecule has 4 amide bonds. The Morgan fingerprint density at radius 3 is 1.71 bits per heavy atom. The minimum absolute atomic E-state index is 0.359. The van der Waals surface area contributed by atoms with Crippen LogP contribution >= 0.6 is 0 Å². The first-order chi connectivity index (χ1) is 26.6. The first-order valence-corrected chi connectivity index (χ1v) is 16.4. The number of imidazole rings is 2. The van der Waals surface area contributed by atoms with Crippen molar-refractivity contribution in [2.24, 2.45) is 7.05 Å². The van der Waals surface area contributed by atoms with Crippen molar-refractivity contribution >= 4 is 34.7 Å². The first kappa shape index (κ1) is 38.4. The maximum atomic E-state index is 12.2. The maximum Gasteiger partial charge on any atom is 0.405 e. The molecular weight excluding hydrogens is 744 g/mol. The van der Waals surface area contributed by atoms with Crippen LogP contribution in [0.2, 0.25) is 0 Å². The fourth-order valence-corrected chi connectivity index (χ4v) is 5.34. The van der Waals surface area contributed by atoms with Gasteiger partial charge >= 0.3 is 24.4 Å². The molecule has 0 unspecified atom stereocenters. The Bertz CT molecular complexity index is 2570. The molecule has 56 heavy (non-hydrogen) atoms. The van der Waals surface area contributed by atoms with Crippen LogP contribution in [0.1, 0.15) is 5.56 Å². The molecule has 0 radical (unpaired) electrons. The van der Waals surface area contributed by atoms with Gasteiger partial charge in [0, 0.05) is 53.1 Å². The van der Waals surface area contributed by atoms with Crippen molar-refractivity contribution in [2.45, 2.75) is 12.4 Å². The molecule has 7 rings (SSSR count). The molecule has 0 bridgehead atoms. The van der Waals surface area contributed by atoms with Crippen molar-refractivity contribution in [2.75, 3.05) is 23.7 Å². The number of rotatable bonds is 7. The van der Waals surface area contributed by atoms with E-state index in [0.29, 0.717) is 28.2 Å². The van der Waals surface area contributed by atoms with Crippen LogP contribution in [0.3, 0.4) is 0 Å². The van der Waals surface area contributed by atoms with E-state index in [2.05, 4.69) is 36.8 Å². The van der Waals surface area contributed by atoms with Gasteiger partial charge in [0.1, 0.15) is 30.1 Å². The number of nitrogens with zero attached hydrogens (tertiary/aromatic N) is 7. The van der Waals surface area contributed by atoms with Crippen LogP contribution in [0.4, 0.5) is 47.3 Å². The molecule has 2 aromatic carbocycles. The number of alkyl halides is 6. The summed E-state index contributed by atoms with van der Waals surface area (Å²) in [5.41, 5.74) is 7.35. The standard InChI is InChI=1S/C19H16F3N7O.C18H13F3N4O/c1-28-10-15(26-27-28)12-5-6-29-16(9-23-17(29)8-12)13-3-2-4-14(7-13)25-18(30)24-11-19(20,21)22;1-2-12-6-7-25-15(10-22-16(25)8-12)13-4-3-5-14(9-13)24-17(26)23-11-18(19,20)21/h2-10H,11H2,1H3,(H2,24,25,30);1,3-10H,11H2,(H2,23,24,26). The number of aromatic nitrogens is 7. The summed E-state index contributed by atoms with van der Waals surface area (Å²) in [4.78, 5) is 32.0. The fourth-order valence-electron chi connectivity index (χ4n) is 5.34. The topological polar surface area (TPSA) is 148 Å². The predicted molar refractivity (Wildman–Crippen MR) is 195 cm³/mol. The highest BCUT2D eigenvalue weighted by Crippen LogP contribution is 2.27. The van der Waals surface area contributed by atoms with Gasteiger partial charge in [0.2, 0.25) is 0 Å². The quantitative estimate of drug-likeness (QED) is 0.100. The lowest BCUT2D eigenvalue weighted by molar-refractivity contribution is -0.123. The molecular formula is C37H29F6N11O2. The molecule has 286 valence electrons. The molecule has 0 aliphatic rings. The SMILES string of the molecule is C#Cc1ccn2c(-c3cccc(NC(=O)NCC(F)(F)F)c3)cnc2c1.Cn1cc(-c2ccn3c(-c4cccc(NC(=O)NCC(F)(F)F)c4)cnc3c2)nn1. The molecule has 0 aliphatic heterocycles. The highest BCUT2D eigenvalue weighted by molar-refractivity contribution is 5.91. The second kappa shape index (κ2) is 15.9. The highest BCUT2D eigenvalue weighted by Gasteiger charge is 2.28. The lowest BCUT2D eigenvalue weighted by Gasteiger charge is -2.10. The summed E-state index contributed by atoms with van der Waals surface area (Å²) in [7, 11) is 1.78. The number of carbonyl (C=O) groups excluding carboxylic acids is 2. The summed E-state index contributed by atoms with van der Waals surface area (Å²) < 4.78 is 78.4. The Hall–Kier alpha value is -7.36. The van der Waals surface area contributed by atoms with Gasteiger partial charge in [-0.05, 0) is 48.5 Å². The van der Waals surface area contributed by atoms with Gasteiger partial charge in [-0.2, -0.15) is 26.3 Å². The number of aryl methyl sites for hydroxylation is 1. The Labute approximate surface area is 313 Å². The van der Waals surface area contributed by atoms with Gasteiger partial charge < -0.3 is 21.3 Å². The van der Waals surface area contributed by atoms with E-state index in [1.54, 1.807) is 102 Å². The van der Waals surface area contributed by atoms with Crippen LogP contribution in [0.5, 0.6) is 0 Å². The number of hydrogen-bond acceptors (Lipinski definition) is 6. The number of pyridine rings is 2. The van der Waals surface area contributed by atoms with Crippen molar-refractivity contribution in [1.82, 2.24) is 44.4 Å². The average molecular weight is 774 g/mol. The van der Waals surface area contributed by atoms with Crippen molar-refractivity contribution in [3.05, 3.63) is 109 Å². The number of halogens is 6. The van der Waals surface area contributed by atoms with Gasteiger partial charge in [0.25, 0.3) is 0 Å². The van der Waals surface area contributed by atoms with E-state index >= 15 is 0 Å². The summed E-state index contributed by atoms with van der Waals surface area (Å²) in [6.45, 7) is -2.80. The Morgan fingerprint density at radius 1 is 0.714 bits per heavy atom. The van der Waals surface area contributed by atoms with Crippen LogP contribution in [0, 0.1) is 12.3 Å². The molecule has 19 heteroatoms. The van der Waals surface area contributed by atoms with E-state index in [9.17, 15) is 35.9 Å². The van der Waals surface area contributed by atoms with Gasteiger partial charge in [0.05, 0.1) is 30.0 Å². The van der Waals surface area contributed by atoms with Gasteiger partial charge in [-0.15, -0.1) is 11.5 Å².